The molecule has 2 aromatic rings. The fraction of sp³-hybridized carbons (Fsp3) is 0.118. The molecule has 1 heteroatoms. The van der Waals surface area contributed by atoms with E-state index in [9.17, 15) is 0 Å². The van der Waals surface area contributed by atoms with Crippen LogP contribution in [0, 0.1) is 11.3 Å². The lowest BCUT2D eigenvalue weighted by molar-refractivity contribution is 0.973. The molecular weight excluding hydrogens is 218 g/mol. The standard InChI is InChI=1S/C17H15N/c1-14(17-5-3-2-4-6-17)7-8-15-9-11-16(13-18)12-10-15/h2-12,14H,1H3/b8-7+/t14-/m0/s1. The lowest BCUT2D eigenvalue weighted by Crippen LogP contribution is -1.87. The maximum atomic E-state index is 8.73. The van der Waals surface area contributed by atoms with Crippen LogP contribution in [0.1, 0.15) is 29.5 Å². The largest absolute Gasteiger partial charge is 0.192 e. The number of hydrogen-bond acceptors (Lipinski definition) is 1. The molecular formula is C17H15N. The molecule has 0 amide bonds. The van der Waals surface area contributed by atoms with Crippen molar-refractivity contribution in [3.8, 4) is 6.07 Å². The lowest BCUT2D eigenvalue weighted by atomic mass is 10.00. The van der Waals surface area contributed by atoms with Crippen LogP contribution in [0.15, 0.2) is 60.7 Å². The Kier molecular flexibility index (Phi) is 3.94. The van der Waals surface area contributed by atoms with E-state index in [1.165, 1.54) is 5.56 Å². The Morgan fingerprint density at radius 1 is 1.00 bits per heavy atom. The molecule has 0 saturated carbocycles. The number of hydrogen-bond donors (Lipinski definition) is 0. The van der Waals surface area contributed by atoms with Gasteiger partial charge in [-0.3, -0.25) is 0 Å². The topological polar surface area (TPSA) is 23.8 Å². The van der Waals surface area contributed by atoms with Gasteiger partial charge in [0.1, 0.15) is 0 Å². The zero-order chi connectivity index (χ0) is 12.8. The molecule has 0 aliphatic heterocycles. The molecule has 0 bridgehead atoms. The van der Waals surface area contributed by atoms with E-state index in [0.29, 0.717) is 11.5 Å². The maximum Gasteiger partial charge on any atom is 0.0991 e. The highest BCUT2D eigenvalue weighted by Gasteiger charge is 1.99. The third kappa shape index (κ3) is 3.09. The third-order valence-corrected chi connectivity index (χ3v) is 2.94. The Balaban J connectivity index is 2.09. The van der Waals surface area contributed by atoms with Gasteiger partial charge in [-0.1, -0.05) is 61.5 Å². The number of benzene rings is 2. The van der Waals surface area contributed by atoms with Crippen molar-refractivity contribution in [2.75, 3.05) is 0 Å². The van der Waals surface area contributed by atoms with Crippen LogP contribution in [-0.4, -0.2) is 0 Å². The highest BCUT2D eigenvalue weighted by atomic mass is 14.2. The fourth-order valence-corrected chi connectivity index (χ4v) is 1.79. The maximum absolute atomic E-state index is 8.73. The molecule has 0 unspecified atom stereocenters. The van der Waals surface area contributed by atoms with Crippen molar-refractivity contribution in [2.24, 2.45) is 0 Å². The Morgan fingerprint density at radius 2 is 1.67 bits per heavy atom. The third-order valence-electron chi connectivity index (χ3n) is 2.94. The van der Waals surface area contributed by atoms with Gasteiger partial charge in [-0.25, -0.2) is 0 Å². The first kappa shape index (κ1) is 12.1. The summed E-state index contributed by atoms with van der Waals surface area (Å²) in [6, 6.07) is 20.1. The van der Waals surface area contributed by atoms with Gasteiger partial charge in [0.2, 0.25) is 0 Å². The first-order valence-electron chi connectivity index (χ1n) is 6.03. The Bertz CT molecular complexity index is 559. The second-order valence-electron chi connectivity index (χ2n) is 4.29. The van der Waals surface area contributed by atoms with E-state index in [0.717, 1.165) is 5.56 Å². The van der Waals surface area contributed by atoms with Gasteiger partial charge >= 0.3 is 0 Å². The van der Waals surface area contributed by atoms with E-state index < -0.39 is 0 Å². The number of allylic oxidation sites excluding steroid dienone is 1. The number of nitriles is 1. The summed E-state index contributed by atoms with van der Waals surface area (Å²) in [6.07, 6.45) is 4.27. The molecule has 1 atom stereocenters. The quantitative estimate of drug-likeness (QED) is 0.772. The van der Waals surface area contributed by atoms with E-state index >= 15 is 0 Å². The summed E-state index contributed by atoms with van der Waals surface area (Å²) in [6.45, 7) is 2.18. The van der Waals surface area contributed by atoms with Crippen LogP contribution in [0.5, 0.6) is 0 Å². The molecule has 0 fully saturated rings. The summed E-state index contributed by atoms with van der Waals surface area (Å²) >= 11 is 0. The van der Waals surface area contributed by atoms with Crippen LogP contribution in [0.4, 0.5) is 0 Å². The van der Waals surface area contributed by atoms with Gasteiger partial charge in [0.25, 0.3) is 0 Å². The summed E-state index contributed by atoms with van der Waals surface area (Å²) in [5.41, 5.74) is 3.13. The summed E-state index contributed by atoms with van der Waals surface area (Å²) in [5.74, 6) is 0.391. The molecule has 18 heavy (non-hydrogen) atoms. The van der Waals surface area contributed by atoms with Crippen molar-refractivity contribution < 1.29 is 0 Å². The van der Waals surface area contributed by atoms with Crippen LogP contribution in [-0.2, 0) is 0 Å². The fourth-order valence-electron chi connectivity index (χ4n) is 1.79. The molecule has 0 heterocycles. The molecule has 0 spiro atoms. The normalized spacial score (nSPS) is 12.2. The SMILES string of the molecule is C[C@@H](/C=C/c1ccc(C#N)cc1)c1ccccc1. The van der Waals surface area contributed by atoms with Crippen molar-refractivity contribution in [3.63, 3.8) is 0 Å². The van der Waals surface area contributed by atoms with Gasteiger partial charge in [-0.15, -0.1) is 0 Å². The van der Waals surface area contributed by atoms with E-state index in [-0.39, 0.29) is 0 Å². The summed E-state index contributed by atoms with van der Waals surface area (Å²) in [7, 11) is 0. The van der Waals surface area contributed by atoms with Gasteiger partial charge in [0.05, 0.1) is 11.6 Å². The van der Waals surface area contributed by atoms with Crippen LogP contribution in [0.3, 0.4) is 0 Å². The van der Waals surface area contributed by atoms with Crippen LogP contribution < -0.4 is 0 Å². The molecule has 0 aliphatic carbocycles. The zero-order valence-electron chi connectivity index (χ0n) is 10.4. The highest BCUT2D eigenvalue weighted by molar-refractivity contribution is 5.52. The minimum absolute atomic E-state index is 0.391. The predicted octanol–water partition coefficient (Wildman–Crippen LogP) is 4.38. The molecule has 0 radical (unpaired) electrons. The molecule has 0 aliphatic rings. The summed E-state index contributed by atoms with van der Waals surface area (Å²) in [4.78, 5) is 0. The molecule has 2 rings (SSSR count). The zero-order valence-corrected chi connectivity index (χ0v) is 10.4. The minimum Gasteiger partial charge on any atom is -0.192 e. The van der Waals surface area contributed by atoms with Crippen molar-refractivity contribution in [3.05, 3.63) is 77.4 Å². The number of rotatable bonds is 3. The Hall–Kier alpha value is -2.33. The summed E-state index contributed by atoms with van der Waals surface area (Å²) < 4.78 is 0. The second-order valence-corrected chi connectivity index (χ2v) is 4.29. The molecule has 1 nitrogen and oxygen atoms in total. The van der Waals surface area contributed by atoms with E-state index in [1.807, 2.05) is 30.3 Å². The minimum atomic E-state index is 0.391. The first-order valence-corrected chi connectivity index (χ1v) is 6.03. The Morgan fingerprint density at radius 3 is 2.28 bits per heavy atom. The monoisotopic (exact) mass is 233 g/mol. The van der Waals surface area contributed by atoms with Crippen molar-refractivity contribution >= 4 is 6.08 Å². The molecule has 0 saturated heterocycles. The highest BCUT2D eigenvalue weighted by Crippen LogP contribution is 2.17. The average Bonchev–Trinajstić information content (AvgIpc) is 2.46. The van der Waals surface area contributed by atoms with Crippen molar-refractivity contribution in [2.45, 2.75) is 12.8 Å². The van der Waals surface area contributed by atoms with Gasteiger partial charge in [-0.05, 0) is 29.2 Å². The molecule has 88 valence electrons. The van der Waals surface area contributed by atoms with Crippen molar-refractivity contribution in [1.82, 2.24) is 0 Å². The van der Waals surface area contributed by atoms with Crippen LogP contribution in [0.2, 0.25) is 0 Å². The van der Waals surface area contributed by atoms with Crippen LogP contribution >= 0.6 is 0 Å². The van der Waals surface area contributed by atoms with Crippen molar-refractivity contribution in [1.29, 1.82) is 5.26 Å². The smallest absolute Gasteiger partial charge is 0.0991 e. The second kappa shape index (κ2) is 5.84. The molecule has 0 N–H and O–H groups in total. The molecule has 0 aromatic heterocycles. The summed E-state index contributed by atoms with van der Waals surface area (Å²) in [5, 5.41) is 8.73. The van der Waals surface area contributed by atoms with Gasteiger partial charge in [0.15, 0.2) is 0 Å². The number of nitrogens with zero attached hydrogens (tertiary/aromatic N) is 1. The van der Waals surface area contributed by atoms with E-state index in [1.54, 1.807) is 0 Å². The van der Waals surface area contributed by atoms with Gasteiger partial charge in [0, 0.05) is 0 Å². The predicted molar refractivity (Wildman–Crippen MR) is 75.0 cm³/mol. The van der Waals surface area contributed by atoms with Gasteiger partial charge in [-0.2, -0.15) is 5.26 Å². The first-order chi connectivity index (χ1) is 8.79. The Labute approximate surface area is 108 Å². The van der Waals surface area contributed by atoms with Crippen LogP contribution in [0.25, 0.3) is 6.08 Å². The van der Waals surface area contributed by atoms with E-state index in [2.05, 4.69) is 49.4 Å². The van der Waals surface area contributed by atoms with E-state index in [4.69, 9.17) is 5.26 Å². The molecule has 2 aromatic carbocycles. The average molecular weight is 233 g/mol. The van der Waals surface area contributed by atoms with Gasteiger partial charge < -0.3 is 0 Å². The lowest BCUT2D eigenvalue weighted by Gasteiger charge is -2.05.